The number of aryl methyl sites for hydroxylation is 1. The van der Waals surface area contributed by atoms with Crippen LogP contribution in [-0.4, -0.2) is 58.4 Å². The van der Waals surface area contributed by atoms with Gasteiger partial charge in [0, 0.05) is 16.6 Å². The fourth-order valence-corrected chi connectivity index (χ4v) is 5.57. The van der Waals surface area contributed by atoms with Crippen LogP contribution in [0.25, 0.3) is 11.2 Å². The van der Waals surface area contributed by atoms with E-state index >= 15 is 0 Å². The number of nitrogens with zero attached hydrogens (tertiary/aromatic N) is 3. The average Bonchev–Trinajstić information content (AvgIpc) is 3.34. The van der Waals surface area contributed by atoms with Gasteiger partial charge >= 0.3 is 7.60 Å². The minimum atomic E-state index is -3.74. The number of aromatic nitrogens is 4. The van der Waals surface area contributed by atoms with Gasteiger partial charge < -0.3 is 28.8 Å². The lowest BCUT2D eigenvalue weighted by molar-refractivity contribution is 0.0885. The summed E-state index contributed by atoms with van der Waals surface area (Å²) >= 11 is 3.41. The van der Waals surface area contributed by atoms with Crippen molar-refractivity contribution in [2.24, 2.45) is 0 Å². The molecule has 1 unspecified atom stereocenters. The molecule has 0 saturated carbocycles. The van der Waals surface area contributed by atoms with Gasteiger partial charge in [0.05, 0.1) is 39.4 Å². The molecule has 2 heterocycles. The highest BCUT2D eigenvalue weighted by atomic mass is 79.9. The van der Waals surface area contributed by atoms with Gasteiger partial charge in [-0.15, -0.1) is 0 Å². The van der Waals surface area contributed by atoms with Gasteiger partial charge in [-0.25, -0.2) is 4.98 Å². The highest BCUT2D eigenvalue weighted by Crippen LogP contribution is 2.48. The largest absolute Gasteiger partial charge is 0.496 e. The van der Waals surface area contributed by atoms with E-state index < -0.39 is 19.8 Å². The quantitative estimate of drug-likeness (QED) is 0.117. The first-order chi connectivity index (χ1) is 19.2. The predicted octanol–water partition coefficient (Wildman–Crippen LogP) is 4.11. The molecule has 0 bridgehead atoms. The zero-order valence-electron chi connectivity index (χ0n) is 22.0. The van der Waals surface area contributed by atoms with Gasteiger partial charge in [0.25, 0.3) is 5.56 Å². The van der Waals surface area contributed by atoms with Gasteiger partial charge in [-0.1, -0.05) is 40.2 Å². The number of ketones is 1. The number of nitrogens with one attached hydrogen (secondary N) is 1. The van der Waals surface area contributed by atoms with Crippen molar-refractivity contribution in [2.45, 2.75) is 20.1 Å². The van der Waals surface area contributed by atoms with E-state index in [0.717, 1.165) is 15.6 Å². The van der Waals surface area contributed by atoms with Crippen molar-refractivity contribution in [1.82, 2.24) is 19.5 Å². The van der Waals surface area contributed by atoms with Crippen LogP contribution >= 0.6 is 23.5 Å². The van der Waals surface area contributed by atoms with Crippen LogP contribution in [0.5, 0.6) is 5.75 Å². The molecule has 3 N–H and O–H groups in total. The Morgan fingerprint density at radius 3 is 2.77 bits per heavy atom. The number of hydrogen-bond acceptors (Lipinski definition) is 10. The number of carbonyl (C=O) groups is 1. The lowest BCUT2D eigenvalue weighted by Crippen LogP contribution is -2.15. The Hall–Kier alpha value is -3.35. The van der Waals surface area contributed by atoms with Crippen molar-refractivity contribution < 1.29 is 27.9 Å². The van der Waals surface area contributed by atoms with Crippen molar-refractivity contribution >= 4 is 46.4 Å². The van der Waals surface area contributed by atoms with Gasteiger partial charge in [0.1, 0.15) is 12.4 Å². The first-order valence-electron chi connectivity index (χ1n) is 12.3. The molecule has 0 saturated heterocycles. The molecule has 4 rings (SSSR count). The number of benzene rings is 2. The van der Waals surface area contributed by atoms with E-state index in [2.05, 4.69) is 30.9 Å². The fraction of sp³-hybridized carbons (Fsp3) is 0.308. The van der Waals surface area contributed by atoms with Gasteiger partial charge in [0.2, 0.25) is 5.95 Å². The van der Waals surface area contributed by atoms with Crippen LogP contribution in [0, 0.1) is 6.92 Å². The number of aromatic amines is 1. The Labute approximate surface area is 238 Å². The Balaban J connectivity index is 1.37. The minimum absolute atomic E-state index is 0.0144. The van der Waals surface area contributed by atoms with Crippen LogP contribution in [0.15, 0.2) is 58.1 Å². The second-order valence-electron chi connectivity index (χ2n) is 8.79. The van der Waals surface area contributed by atoms with Crippen LogP contribution in [0.4, 0.5) is 5.95 Å². The van der Waals surface area contributed by atoms with Gasteiger partial charge in [0.15, 0.2) is 16.9 Å². The van der Waals surface area contributed by atoms with Crippen molar-refractivity contribution in [1.29, 1.82) is 0 Å². The lowest BCUT2D eigenvalue weighted by atomic mass is 10.1. The second kappa shape index (κ2) is 13.3. The maximum absolute atomic E-state index is 13.6. The van der Waals surface area contributed by atoms with Gasteiger partial charge in [-0.05, 0) is 36.2 Å². The smallest absolute Gasteiger partial charge is 0.333 e. The molecule has 0 fully saturated rings. The number of nitrogen functional groups attached to an aromatic ring is 1. The normalized spacial score (nSPS) is 12.9. The first kappa shape index (κ1) is 29.6. The summed E-state index contributed by atoms with van der Waals surface area (Å²) in [4.78, 5) is 35.3. The summed E-state index contributed by atoms with van der Waals surface area (Å²) < 4.78 is 38.4. The standard InChI is InChI=1S/C26H29BrN5O7P/c1-17-6-7-19(13-22(17)36-2)21(33)15-39-40(35,38-14-18-4-3-5-20(27)12-18)11-10-37-9-8-32-16-29-23-24(32)30-26(28)31-25(23)34/h3-7,12-13,16H,8-11,14-15H2,1-2H3,(H3,28,30,31,34). The molecule has 212 valence electrons. The van der Waals surface area contributed by atoms with Crippen LogP contribution in [-0.2, 0) is 31.5 Å². The molecule has 14 heteroatoms. The summed E-state index contributed by atoms with van der Waals surface area (Å²) in [5.74, 6) is 0.195. The van der Waals surface area contributed by atoms with Gasteiger partial charge in [-0.3, -0.25) is 19.1 Å². The van der Waals surface area contributed by atoms with Crippen molar-refractivity contribution in [3.63, 3.8) is 0 Å². The number of halogens is 1. The Kier molecular flexibility index (Phi) is 9.88. The number of nitrogens with two attached hydrogens (primary N) is 1. The van der Waals surface area contributed by atoms with Gasteiger partial charge in [-0.2, -0.15) is 4.98 Å². The van der Waals surface area contributed by atoms with E-state index in [4.69, 9.17) is 24.3 Å². The number of imidazole rings is 1. The molecule has 12 nitrogen and oxygen atoms in total. The van der Waals surface area contributed by atoms with Crippen molar-refractivity contribution in [3.8, 4) is 5.75 Å². The minimum Gasteiger partial charge on any atom is -0.496 e. The van der Waals surface area contributed by atoms with E-state index in [-0.39, 0.29) is 43.2 Å². The summed E-state index contributed by atoms with van der Waals surface area (Å²) in [5, 5.41) is 0. The number of Topliss-reactive ketones (excluding diaryl/α,β-unsaturated/α-hetero) is 1. The van der Waals surface area contributed by atoms with E-state index in [9.17, 15) is 14.2 Å². The maximum Gasteiger partial charge on any atom is 0.333 e. The summed E-state index contributed by atoms with van der Waals surface area (Å²) in [6.07, 6.45) is 1.39. The molecule has 0 amide bonds. The molecule has 0 aliphatic heterocycles. The lowest BCUT2D eigenvalue weighted by Gasteiger charge is -2.19. The number of ether oxygens (including phenoxy) is 2. The highest BCUT2D eigenvalue weighted by Gasteiger charge is 2.27. The first-order valence-corrected chi connectivity index (χ1v) is 14.8. The molecule has 0 radical (unpaired) electrons. The SMILES string of the molecule is COc1cc(C(=O)COP(=O)(CCOCCn2cnc3c(=O)[nH]c(N)nc32)OCc2cccc(Br)c2)ccc1C. The van der Waals surface area contributed by atoms with E-state index in [1.807, 2.05) is 31.2 Å². The molecule has 0 aliphatic rings. The summed E-state index contributed by atoms with van der Waals surface area (Å²) in [6, 6.07) is 12.4. The molecule has 2 aromatic heterocycles. The Morgan fingerprint density at radius 1 is 1.18 bits per heavy atom. The van der Waals surface area contributed by atoms with E-state index in [1.54, 1.807) is 22.8 Å². The van der Waals surface area contributed by atoms with E-state index in [0.29, 0.717) is 23.5 Å². The van der Waals surface area contributed by atoms with Crippen LogP contribution in [0.1, 0.15) is 21.5 Å². The molecule has 2 aromatic carbocycles. The third-order valence-corrected chi connectivity index (χ3v) is 8.19. The molecule has 0 spiro atoms. The number of hydrogen-bond donors (Lipinski definition) is 2. The summed E-state index contributed by atoms with van der Waals surface area (Å²) in [5.41, 5.74) is 7.75. The third-order valence-electron chi connectivity index (χ3n) is 5.92. The molecule has 40 heavy (non-hydrogen) atoms. The maximum atomic E-state index is 13.6. The zero-order chi connectivity index (χ0) is 28.7. The van der Waals surface area contributed by atoms with Crippen LogP contribution in [0.3, 0.4) is 0 Å². The number of rotatable bonds is 14. The summed E-state index contributed by atoms with van der Waals surface area (Å²) in [6.45, 7) is 2.01. The molecule has 0 aliphatic carbocycles. The number of fused-ring (bicyclic) bond motifs is 1. The van der Waals surface area contributed by atoms with Crippen molar-refractivity contribution in [2.75, 3.05) is 38.8 Å². The Morgan fingerprint density at radius 2 is 2.00 bits per heavy atom. The highest BCUT2D eigenvalue weighted by molar-refractivity contribution is 9.10. The predicted molar refractivity (Wildman–Crippen MR) is 153 cm³/mol. The molecule has 1 atom stereocenters. The number of anilines is 1. The number of methoxy groups -OCH3 is 1. The number of H-pyrrole nitrogens is 1. The third kappa shape index (κ3) is 7.64. The Bertz CT molecular complexity index is 1610. The number of carbonyl (C=O) groups excluding carboxylic acids is 1. The molecular weight excluding hydrogens is 605 g/mol. The van der Waals surface area contributed by atoms with E-state index in [1.165, 1.54) is 13.4 Å². The fourth-order valence-electron chi connectivity index (χ4n) is 3.78. The summed E-state index contributed by atoms with van der Waals surface area (Å²) in [7, 11) is -2.22. The monoisotopic (exact) mass is 633 g/mol. The van der Waals surface area contributed by atoms with Crippen LogP contribution < -0.4 is 16.0 Å². The topological polar surface area (TPSA) is 161 Å². The second-order valence-corrected chi connectivity index (χ2v) is 11.9. The molecule has 4 aromatic rings. The van der Waals surface area contributed by atoms with Crippen molar-refractivity contribution in [3.05, 3.63) is 80.3 Å². The molecular formula is C26H29BrN5O7P. The average molecular weight is 634 g/mol. The van der Waals surface area contributed by atoms with Crippen LogP contribution in [0.2, 0.25) is 0 Å². The zero-order valence-corrected chi connectivity index (χ0v) is 24.4.